The number of phenolic OH excluding ortho intramolecular Hbond substituents is 1. The molecule has 4 nitrogen and oxygen atoms in total. The molecule has 0 atom stereocenters. The molecule has 108 valence electrons. The summed E-state index contributed by atoms with van der Waals surface area (Å²) in [5.41, 5.74) is 0.893. The second-order valence-corrected chi connectivity index (χ2v) is 6.38. The van der Waals surface area contributed by atoms with Crippen molar-refractivity contribution in [1.82, 2.24) is 0 Å². The third-order valence-corrected chi connectivity index (χ3v) is 4.65. The van der Waals surface area contributed by atoms with Gasteiger partial charge in [0.15, 0.2) is 0 Å². The summed E-state index contributed by atoms with van der Waals surface area (Å²) >= 11 is 0. The molecule has 0 radical (unpaired) electrons. The zero-order valence-electron chi connectivity index (χ0n) is 10.8. The Kier molecular flexibility index (Phi) is 3.17. The maximum Gasteiger partial charge on any atom is 0.200 e. The van der Waals surface area contributed by atoms with Gasteiger partial charge in [0.1, 0.15) is 23.9 Å². The fraction of sp³-hybridized carbons (Fsp3) is 0.0667. The van der Waals surface area contributed by atoms with Crippen molar-refractivity contribution in [2.45, 2.75) is 4.90 Å². The van der Waals surface area contributed by atoms with Gasteiger partial charge in [-0.1, -0.05) is 12.1 Å². The molecule has 21 heavy (non-hydrogen) atoms. The summed E-state index contributed by atoms with van der Waals surface area (Å²) in [7, 11) is -3.62. The minimum Gasteiger partial charge on any atom is -0.508 e. The summed E-state index contributed by atoms with van der Waals surface area (Å²) in [5.74, 6) is -0.118. The van der Waals surface area contributed by atoms with Crippen LogP contribution in [0.2, 0.25) is 0 Å². The SMILES string of the molecule is O=S1(=O)C=C(COc2cccc(O)c2)c2ccc(F)cc21. The van der Waals surface area contributed by atoms with Crippen molar-refractivity contribution in [2.24, 2.45) is 0 Å². The second kappa shape index (κ2) is 4.89. The number of aromatic hydroxyl groups is 1. The lowest BCUT2D eigenvalue weighted by Crippen LogP contribution is -1.99. The summed E-state index contributed by atoms with van der Waals surface area (Å²) < 4.78 is 42.5. The van der Waals surface area contributed by atoms with E-state index in [-0.39, 0.29) is 17.3 Å². The molecule has 3 rings (SSSR count). The fourth-order valence-electron chi connectivity index (χ4n) is 2.16. The Hall–Kier alpha value is -2.34. The molecule has 0 aliphatic carbocycles. The average molecular weight is 306 g/mol. The number of benzene rings is 2. The van der Waals surface area contributed by atoms with E-state index in [1.165, 1.54) is 24.3 Å². The van der Waals surface area contributed by atoms with Gasteiger partial charge >= 0.3 is 0 Å². The maximum absolute atomic E-state index is 13.2. The standard InChI is InChI=1S/C15H11FO4S/c16-11-4-5-14-10(9-21(18,19)15(14)6-11)8-20-13-3-1-2-12(17)7-13/h1-7,9,17H,8H2. The number of phenols is 1. The molecule has 2 aromatic carbocycles. The monoisotopic (exact) mass is 306 g/mol. The first-order chi connectivity index (χ1) is 9.95. The highest BCUT2D eigenvalue weighted by atomic mass is 32.2. The average Bonchev–Trinajstić information content (AvgIpc) is 2.68. The minimum atomic E-state index is -3.62. The van der Waals surface area contributed by atoms with E-state index in [4.69, 9.17) is 4.74 Å². The van der Waals surface area contributed by atoms with E-state index in [0.29, 0.717) is 16.9 Å². The summed E-state index contributed by atoms with van der Waals surface area (Å²) in [6.07, 6.45) is 0. The molecule has 1 aliphatic rings. The quantitative estimate of drug-likeness (QED) is 0.947. The van der Waals surface area contributed by atoms with Crippen molar-refractivity contribution in [3.63, 3.8) is 0 Å². The molecular formula is C15H11FO4S. The third-order valence-electron chi connectivity index (χ3n) is 3.11. The summed E-state index contributed by atoms with van der Waals surface area (Å²) in [6.45, 7) is 0.0152. The predicted molar refractivity (Wildman–Crippen MR) is 75.2 cm³/mol. The second-order valence-electron chi connectivity index (χ2n) is 4.61. The topological polar surface area (TPSA) is 63.6 Å². The lowest BCUT2D eigenvalue weighted by molar-refractivity contribution is 0.366. The Morgan fingerprint density at radius 3 is 2.71 bits per heavy atom. The smallest absolute Gasteiger partial charge is 0.200 e. The predicted octanol–water partition coefficient (Wildman–Crippen LogP) is 2.74. The van der Waals surface area contributed by atoms with E-state index in [0.717, 1.165) is 11.5 Å². The van der Waals surface area contributed by atoms with Crippen LogP contribution in [0.25, 0.3) is 5.57 Å². The van der Waals surface area contributed by atoms with E-state index in [1.807, 2.05) is 0 Å². The normalized spacial score (nSPS) is 15.4. The number of ether oxygens (including phenoxy) is 1. The Morgan fingerprint density at radius 2 is 1.95 bits per heavy atom. The highest BCUT2D eigenvalue weighted by Crippen LogP contribution is 2.34. The Bertz CT molecular complexity index is 841. The zero-order chi connectivity index (χ0) is 15.0. The third kappa shape index (κ3) is 2.62. The van der Waals surface area contributed by atoms with Crippen LogP contribution in [0.15, 0.2) is 52.8 Å². The van der Waals surface area contributed by atoms with Crippen LogP contribution in [-0.4, -0.2) is 20.1 Å². The van der Waals surface area contributed by atoms with Crippen molar-refractivity contribution in [2.75, 3.05) is 6.61 Å². The molecule has 6 heteroatoms. The van der Waals surface area contributed by atoms with Gasteiger partial charge in [-0.15, -0.1) is 0 Å². The van der Waals surface area contributed by atoms with Crippen LogP contribution < -0.4 is 4.74 Å². The van der Waals surface area contributed by atoms with Crippen molar-refractivity contribution in [1.29, 1.82) is 0 Å². The molecule has 0 unspecified atom stereocenters. The number of hydrogen-bond acceptors (Lipinski definition) is 4. The van der Waals surface area contributed by atoms with Crippen LogP contribution in [0, 0.1) is 5.82 Å². The lowest BCUT2D eigenvalue weighted by Gasteiger charge is -2.08. The molecule has 1 N–H and O–H groups in total. The van der Waals surface area contributed by atoms with Crippen LogP contribution in [0.3, 0.4) is 0 Å². The Labute approximate surface area is 121 Å². The number of halogens is 1. The Morgan fingerprint density at radius 1 is 1.14 bits per heavy atom. The van der Waals surface area contributed by atoms with E-state index in [2.05, 4.69) is 0 Å². The molecule has 0 bridgehead atoms. The number of sulfone groups is 1. The van der Waals surface area contributed by atoms with Crippen molar-refractivity contribution in [3.8, 4) is 11.5 Å². The molecule has 0 spiro atoms. The number of rotatable bonds is 3. The summed E-state index contributed by atoms with van der Waals surface area (Å²) in [6, 6.07) is 9.83. The van der Waals surface area contributed by atoms with Gasteiger partial charge in [0.05, 0.1) is 4.90 Å². The molecular weight excluding hydrogens is 295 g/mol. The van der Waals surface area contributed by atoms with Gasteiger partial charge in [0, 0.05) is 22.6 Å². The number of hydrogen-bond donors (Lipinski definition) is 1. The maximum atomic E-state index is 13.2. The van der Waals surface area contributed by atoms with E-state index < -0.39 is 15.7 Å². The largest absolute Gasteiger partial charge is 0.508 e. The molecule has 0 amide bonds. The first-order valence-electron chi connectivity index (χ1n) is 6.13. The Balaban J connectivity index is 1.88. The van der Waals surface area contributed by atoms with Gasteiger partial charge in [0.25, 0.3) is 0 Å². The first kappa shape index (κ1) is 13.6. The van der Waals surface area contributed by atoms with Gasteiger partial charge in [-0.05, 0) is 24.3 Å². The van der Waals surface area contributed by atoms with E-state index in [9.17, 15) is 17.9 Å². The van der Waals surface area contributed by atoms with E-state index >= 15 is 0 Å². The lowest BCUT2D eigenvalue weighted by atomic mass is 10.1. The van der Waals surface area contributed by atoms with Crippen LogP contribution in [0.4, 0.5) is 4.39 Å². The van der Waals surface area contributed by atoms with Crippen LogP contribution >= 0.6 is 0 Å². The number of fused-ring (bicyclic) bond motifs is 1. The fourth-order valence-corrected chi connectivity index (χ4v) is 3.64. The molecule has 0 saturated heterocycles. The molecule has 0 aromatic heterocycles. The minimum absolute atomic E-state index is 0.0152. The van der Waals surface area contributed by atoms with Gasteiger partial charge in [-0.25, -0.2) is 12.8 Å². The first-order valence-corrected chi connectivity index (χ1v) is 7.68. The van der Waals surface area contributed by atoms with Crippen molar-refractivity contribution >= 4 is 15.4 Å². The van der Waals surface area contributed by atoms with Gasteiger partial charge < -0.3 is 9.84 Å². The van der Waals surface area contributed by atoms with Gasteiger partial charge in [-0.2, -0.15) is 0 Å². The van der Waals surface area contributed by atoms with Gasteiger partial charge in [-0.3, -0.25) is 0 Å². The molecule has 0 fully saturated rings. The highest BCUT2D eigenvalue weighted by Gasteiger charge is 2.27. The van der Waals surface area contributed by atoms with Crippen molar-refractivity contribution < 1.29 is 22.7 Å². The van der Waals surface area contributed by atoms with Crippen LogP contribution in [0.5, 0.6) is 11.5 Å². The van der Waals surface area contributed by atoms with E-state index in [1.54, 1.807) is 12.1 Å². The van der Waals surface area contributed by atoms with Crippen molar-refractivity contribution in [3.05, 3.63) is 59.3 Å². The zero-order valence-corrected chi connectivity index (χ0v) is 11.6. The molecule has 0 saturated carbocycles. The summed E-state index contributed by atoms with van der Waals surface area (Å²) in [5, 5.41) is 10.4. The molecule has 1 heterocycles. The molecule has 1 aliphatic heterocycles. The molecule has 2 aromatic rings. The van der Waals surface area contributed by atoms with Crippen LogP contribution in [-0.2, 0) is 9.84 Å². The summed E-state index contributed by atoms with van der Waals surface area (Å²) in [4.78, 5) is -0.0444. The van der Waals surface area contributed by atoms with Crippen LogP contribution in [0.1, 0.15) is 5.56 Å². The highest BCUT2D eigenvalue weighted by molar-refractivity contribution is 7.95. The van der Waals surface area contributed by atoms with Gasteiger partial charge in [0.2, 0.25) is 9.84 Å².